The number of carbonyl (C=O) groups excluding carboxylic acids is 1. The zero-order valence-electron chi connectivity index (χ0n) is 18.4. The van der Waals surface area contributed by atoms with E-state index in [2.05, 4.69) is 16.1 Å². The maximum atomic E-state index is 13.2. The van der Waals surface area contributed by atoms with E-state index in [1.165, 1.54) is 0 Å². The molecule has 3 rings (SSSR count). The molecule has 168 valence electrons. The first kappa shape index (κ1) is 23.6. The second-order valence-electron chi connectivity index (χ2n) is 7.97. The Morgan fingerprint density at radius 1 is 1.16 bits per heavy atom. The Kier molecular flexibility index (Phi) is 7.67. The van der Waals surface area contributed by atoms with Crippen LogP contribution in [0.15, 0.2) is 41.3 Å². The quantitative estimate of drug-likeness (QED) is 0.626. The normalized spacial score (nSPS) is 16.8. The maximum absolute atomic E-state index is 13.2. The van der Waals surface area contributed by atoms with Crippen molar-refractivity contribution in [2.45, 2.75) is 50.6 Å². The summed E-state index contributed by atoms with van der Waals surface area (Å²) in [7, 11) is -3.81. The molecule has 2 aromatic carbocycles. The van der Waals surface area contributed by atoms with Gasteiger partial charge in [0.25, 0.3) is 0 Å². The first-order valence-electron chi connectivity index (χ1n) is 10.3. The minimum absolute atomic E-state index is 0.155. The molecule has 0 fully saturated rings. The number of fused-ring (bicyclic) bond motifs is 1. The Labute approximate surface area is 189 Å². The van der Waals surface area contributed by atoms with E-state index in [-0.39, 0.29) is 16.8 Å². The molecule has 2 N–H and O–H groups in total. The smallest absolute Gasteiger partial charge is 0.241 e. The van der Waals surface area contributed by atoms with Crippen LogP contribution in [0.3, 0.4) is 0 Å². The number of hydrogen-bond acceptors (Lipinski definition) is 5. The molecule has 0 aliphatic carbocycles. The molecule has 0 saturated heterocycles. The third kappa shape index (κ3) is 5.81. The Morgan fingerprint density at radius 2 is 1.87 bits per heavy atom. The van der Waals surface area contributed by atoms with Crippen LogP contribution in [0.1, 0.15) is 41.1 Å². The van der Waals surface area contributed by atoms with Crippen LogP contribution in [0.25, 0.3) is 0 Å². The van der Waals surface area contributed by atoms with Crippen molar-refractivity contribution in [1.82, 2.24) is 10.0 Å². The van der Waals surface area contributed by atoms with Crippen molar-refractivity contribution >= 4 is 27.7 Å². The van der Waals surface area contributed by atoms with Crippen LogP contribution in [0.5, 0.6) is 5.75 Å². The fraction of sp³-hybridized carbons (Fsp3) is 0.435. The van der Waals surface area contributed by atoms with Crippen LogP contribution < -0.4 is 14.8 Å². The third-order valence-corrected chi connectivity index (χ3v) is 7.48. The van der Waals surface area contributed by atoms with Crippen LogP contribution in [0, 0.1) is 20.8 Å². The van der Waals surface area contributed by atoms with E-state index in [0.717, 1.165) is 28.0 Å². The van der Waals surface area contributed by atoms with Gasteiger partial charge in [0.05, 0.1) is 17.5 Å². The lowest BCUT2D eigenvalue weighted by molar-refractivity contribution is -0.123. The van der Waals surface area contributed by atoms with E-state index in [0.29, 0.717) is 25.2 Å². The van der Waals surface area contributed by atoms with Crippen molar-refractivity contribution in [3.63, 3.8) is 0 Å². The lowest BCUT2D eigenvalue weighted by Crippen LogP contribution is -2.48. The highest BCUT2D eigenvalue weighted by Crippen LogP contribution is 2.35. The summed E-state index contributed by atoms with van der Waals surface area (Å²) >= 11 is 1.57. The SMILES string of the molecule is CSCCC(NS(=O)(=O)c1ccc(C)cc1)C(=O)NC1CCOc2c(C)cc(C)cc21. The van der Waals surface area contributed by atoms with E-state index in [1.54, 1.807) is 36.0 Å². The highest BCUT2D eigenvalue weighted by Gasteiger charge is 2.30. The molecular weight excluding hydrogens is 432 g/mol. The molecule has 0 saturated carbocycles. The van der Waals surface area contributed by atoms with Gasteiger partial charge in [0.1, 0.15) is 11.8 Å². The molecule has 6 nitrogen and oxygen atoms in total. The van der Waals surface area contributed by atoms with E-state index in [4.69, 9.17) is 4.74 Å². The summed E-state index contributed by atoms with van der Waals surface area (Å²) in [4.78, 5) is 13.3. The van der Waals surface area contributed by atoms with Gasteiger partial charge in [0.2, 0.25) is 15.9 Å². The number of carbonyl (C=O) groups is 1. The van der Waals surface area contributed by atoms with Gasteiger partial charge in [0, 0.05) is 12.0 Å². The zero-order valence-corrected chi connectivity index (χ0v) is 20.0. The number of hydrogen-bond donors (Lipinski definition) is 2. The van der Waals surface area contributed by atoms with Crippen LogP contribution in [-0.2, 0) is 14.8 Å². The minimum Gasteiger partial charge on any atom is -0.493 e. The summed E-state index contributed by atoms with van der Waals surface area (Å²) in [6.07, 6.45) is 2.98. The second kappa shape index (κ2) is 10.1. The largest absolute Gasteiger partial charge is 0.493 e. The monoisotopic (exact) mass is 462 g/mol. The fourth-order valence-corrected chi connectivity index (χ4v) is 5.45. The molecule has 2 atom stereocenters. The average molecular weight is 463 g/mol. The van der Waals surface area contributed by atoms with Crippen molar-refractivity contribution in [2.24, 2.45) is 0 Å². The number of sulfonamides is 1. The van der Waals surface area contributed by atoms with Crippen LogP contribution in [-0.4, -0.2) is 39.0 Å². The molecule has 1 heterocycles. The molecule has 2 aromatic rings. The first-order valence-corrected chi connectivity index (χ1v) is 13.2. The number of ether oxygens (including phenoxy) is 1. The first-order chi connectivity index (χ1) is 14.7. The van der Waals surface area contributed by atoms with Crippen molar-refractivity contribution in [1.29, 1.82) is 0 Å². The number of aryl methyl sites for hydroxylation is 3. The molecule has 1 amide bonds. The summed E-state index contributed by atoms with van der Waals surface area (Å²) in [5.41, 5.74) is 4.05. The van der Waals surface area contributed by atoms with Crippen molar-refractivity contribution in [3.05, 3.63) is 58.7 Å². The highest BCUT2D eigenvalue weighted by molar-refractivity contribution is 7.98. The van der Waals surface area contributed by atoms with Gasteiger partial charge in [-0.3, -0.25) is 4.79 Å². The van der Waals surface area contributed by atoms with Gasteiger partial charge in [0.15, 0.2) is 0 Å². The number of rotatable bonds is 8. The Morgan fingerprint density at radius 3 is 2.55 bits per heavy atom. The summed E-state index contributed by atoms with van der Waals surface area (Å²) in [6.45, 7) is 6.41. The predicted octanol–water partition coefficient (Wildman–Crippen LogP) is 3.65. The van der Waals surface area contributed by atoms with Gasteiger partial charge in [-0.1, -0.05) is 35.4 Å². The van der Waals surface area contributed by atoms with Gasteiger partial charge in [-0.2, -0.15) is 16.5 Å². The van der Waals surface area contributed by atoms with Gasteiger partial charge in [-0.25, -0.2) is 8.42 Å². The van der Waals surface area contributed by atoms with Gasteiger partial charge in [-0.15, -0.1) is 0 Å². The topological polar surface area (TPSA) is 84.5 Å². The molecule has 2 unspecified atom stereocenters. The summed E-state index contributed by atoms with van der Waals surface area (Å²) < 4.78 is 34.2. The van der Waals surface area contributed by atoms with Crippen molar-refractivity contribution in [2.75, 3.05) is 18.6 Å². The molecule has 0 radical (unpaired) electrons. The van der Waals surface area contributed by atoms with Gasteiger partial charge in [-0.05, 0) is 56.9 Å². The molecule has 0 spiro atoms. The van der Waals surface area contributed by atoms with E-state index >= 15 is 0 Å². The average Bonchev–Trinajstić information content (AvgIpc) is 2.72. The number of nitrogens with one attached hydrogen (secondary N) is 2. The molecule has 0 bridgehead atoms. The Balaban J connectivity index is 1.81. The highest BCUT2D eigenvalue weighted by atomic mass is 32.2. The third-order valence-electron chi connectivity index (χ3n) is 5.35. The Bertz CT molecular complexity index is 1040. The zero-order chi connectivity index (χ0) is 22.6. The fourth-order valence-electron chi connectivity index (χ4n) is 3.75. The summed E-state index contributed by atoms with van der Waals surface area (Å²) in [5.74, 6) is 1.15. The molecule has 31 heavy (non-hydrogen) atoms. The lowest BCUT2D eigenvalue weighted by Gasteiger charge is -2.30. The second-order valence-corrected chi connectivity index (χ2v) is 10.7. The standard InChI is InChI=1S/C23H30N2O4S2/c1-15-5-7-18(8-6-15)31(27,28)25-21(10-12-30-4)23(26)24-20-9-11-29-22-17(3)13-16(2)14-19(20)22/h5-8,13-14,20-21,25H,9-12H2,1-4H3,(H,24,26). The maximum Gasteiger partial charge on any atom is 0.241 e. The van der Waals surface area contributed by atoms with Crippen LogP contribution >= 0.6 is 11.8 Å². The van der Waals surface area contributed by atoms with E-state index in [9.17, 15) is 13.2 Å². The number of thioether (sulfide) groups is 1. The molecular formula is C23H30N2O4S2. The lowest BCUT2D eigenvalue weighted by atomic mass is 9.95. The Hall–Kier alpha value is -2.03. The van der Waals surface area contributed by atoms with Crippen molar-refractivity contribution < 1.29 is 17.9 Å². The molecule has 1 aliphatic rings. The number of amides is 1. The molecule has 1 aliphatic heterocycles. The van der Waals surface area contributed by atoms with Crippen LogP contribution in [0.2, 0.25) is 0 Å². The van der Waals surface area contributed by atoms with E-state index < -0.39 is 16.1 Å². The van der Waals surface area contributed by atoms with Gasteiger partial charge < -0.3 is 10.1 Å². The number of benzene rings is 2. The summed E-state index contributed by atoms with van der Waals surface area (Å²) in [5, 5.41) is 3.07. The van der Waals surface area contributed by atoms with E-state index in [1.807, 2.05) is 33.1 Å². The molecule has 8 heteroatoms. The molecule has 0 aromatic heterocycles. The predicted molar refractivity (Wildman–Crippen MR) is 125 cm³/mol. The summed E-state index contributed by atoms with van der Waals surface area (Å²) in [6, 6.07) is 9.62. The van der Waals surface area contributed by atoms with Crippen molar-refractivity contribution in [3.8, 4) is 5.75 Å². The minimum atomic E-state index is -3.81. The van der Waals surface area contributed by atoms with Crippen LogP contribution in [0.4, 0.5) is 0 Å². The van der Waals surface area contributed by atoms with Gasteiger partial charge >= 0.3 is 0 Å².